The van der Waals surface area contributed by atoms with Crippen LogP contribution in [-0.4, -0.2) is 133 Å². The number of alkyl carbamates (subject to hydrolysis) is 2. The molecule has 0 radical (unpaired) electrons. The second-order valence-corrected chi connectivity index (χ2v) is 9.88. The van der Waals surface area contributed by atoms with Gasteiger partial charge < -0.3 is 61.4 Å². The molecule has 0 saturated heterocycles. The van der Waals surface area contributed by atoms with E-state index in [1.165, 1.54) is 6.92 Å². The third kappa shape index (κ3) is 13.2. The summed E-state index contributed by atoms with van der Waals surface area (Å²) in [7, 11) is 0. The first-order chi connectivity index (χ1) is 18.4. The van der Waals surface area contributed by atoms with Crippen molar-refractivity contribution in [1.82, 2.24) is 21.3 Å². The Morgan fingerprint density at radius 2 is 1.08 bits per heavy atom. The predicted molar refractivity (Wildman–Crippen MR) is 135 cm³/mol. The highest BCUT2D eigenvalue weighted by Gasteiger charge is 2.32. The minimum atomic E-state index is -1.43. The van der Waals surface area contributed by atoms with Gasteiger partial charge in [-0.2, -0.15) is 0 Å². The summed E-state index contributed by atoms with van der Waals surface area (Å²) in [6.07, 6.45) is -1.66. The Bertz CT molecular complexity index is 743. The van der Waals surface area contributed by atoms with Crippen LogP contribution in [-0.2, 0) is 19.1 Å². The van der Waals surface area contributed by atoms with Gasteiger partial charge in [0.25, 0.3) is 0 Å². The Kier molecular flexibility index (Phi) is 17.2. The van der Waals surface area contributed by atoms with Crippen LogP contribution in [0.2, 0.25) is 0 Å². The maximum absolute atomic E-state index is 12.7. The molecule has 0 rings (SSSR count). The van der Waals surface area contributed by atoms with Crippen LogP contribution in [0.1, 0.15) is 27.2 Å². The quantitative estimate of drug-likeness (QED) is 0.0678. The molecule has 4 amide bonds. The van der Waals surface area contributed by atoms with Crippen molar-refractivity contribution in [3.8, 4) is 0 Å². The molecular weight excluding hydrogens is 524 g/mol. The molecule has 0 saturated carbocycles. The van der Waals surface area contributed by atoms with Crippen LogP contribution in [0.5, 0.6) is 0 Å². The Morgan fingerprint density at radius 1 is 0.641 bits per heavy atom. The third-order valence-electron chi connectivity index (χ3n) is 5.79. The van der Waals surface area contributed by atoms with Gasteiger partial charge in [0.2, 0.25) is 11.8 Å². The van der Waals surface area contributed by atoms with Gasteiger partial charge in [-0.3, -0.25) is 9.59 Å². The second-order valence-electron chi connectivity index (χ2n) is 9.88. The second kappa shape index (κ2) is 18.5. The Labute approximate surface area is 227 Å². The Balaban J connectivity index is 4.74. The zero-order valence-corrected chi connectivity index (χ0v) is 22.6. The third-order valence-corrected chi connectivity index (χ3v) is 5.79. The minimum absolute atomic E-state index is 0.00999. The lowest BCUT2D eigenvalue weighted by molar-refractivity contribution is -0.130. The monoisotopic (exact) mass is 568 g/mol. The van der Waals surface area contributed by atoms with Gasteiger partial charge in [-0.05, 0) is 19.3 Å². The topological polar surface area (TPSA) is 256 Å². The SMILES string of the molecule is CC(C)CC(NC(=O)C(C)NC(=O)OCC(CO)(CO)CO)C(=O)NCCNC(=O)OCC(CO)(CO)CO. The molecule has 16 heteroatoms. The zero-order valence-electron chi connectivity index (χ0n) is 22.6. The zero-order chi connectivity index (χ0) is 30.1. The van der Waals surface area contributed by atoms with Crippen molar-refractivity contribution in [3.05, 3.63) is 0 Å². The molecular formula is C23H44N4O12. The Morgan fingerprint density at radius 3 is 1.51 bits per heavy atom. The summed E-state index contributed by atoms with van der Waals surface area (Å²) in [5.74, 6) is -1.22. The van der Waals surface area contributed by atoms with Crippen LogP contribution in [0.15, 0.2) is 0 Å². The van der Waals surface area contributed by atoms with Crippen molar-refractivity contribution in [3.63, 3.8) is 0 Å². The molecule has 0 aliphatic heterocycles. The number of aliphatic hydroxyl groups is 6. The number of nitrogens with one attached hydrogen (secondary N) is 4. The van der Waals surface area contributed by atoms with E-state index in [1.807, 2.05) is 13.8 Å². The fourth-order valence-electron chi connectivity index (χ4n) is 2.82. The predicted octanol–water partition coefficient (Wildman–Crippen LogP) is -3.60. The van der Waals surface area contributed by atoms with Crippen LogP contribution < -0.4 is 21.3 Å². The number of hydrogen-bond acceptors (Lipinski definition) is 12. The molecule has 10 N–H and O–H groups in total. The lowest BCUT2D eigenvalue weighted by atomic mass is 9.93. The molecule has 2 atom stereocenters. The van der Waals surface area contributed by atoms with Crippen molar-refractivity contribution < 1.29 is 59.3 Å². The Hall–Kier alpha value is -2.76. The average Bonchev–Trinajstić information content (AvgIpc) is 2.92. The number of aliphatic hydroxyl groups excluding tert-OH is 6. The van der Waals surface area contributed by atoms with E-state index in [1.54, 1.807) is 0 Å². The van der Waals surface area contributed by atoms with Gasteiger partial charge in [0.15, 0.2) is 0 Å². The van der Waals surface area contributed by atoms with Gasteiger partial charge in [-0.1, -0.05) is 13.8 Å². The van der Waals surface area contributed by atoms with Gasteiger partial charge in [0.05, 0.1) is 50.5 Å². The highest BCUT2D eigenvalue weighted by molar-refractivity contribution is 5.91. The summed E-state index contributed by atoms with van der Waals surface area (Å²) in [4.78, 5) is 49.0. The first-order valence-corrected chi connectivity index (χ1v) is 12.4. The summed E-state index contributed by atoms with van der Waals surface area (Å²) in [6, 6.07) is -2.08. The summed E-state index contributed by atoms with van der Waals surface area (Å²) < 4.78 is 9.76. The van der Waals surface area contributed by atoms with Crippen molar-refractivity contribution >= 4 is 24.0 Å². The van der Waals surface area contributed by atoms with Crippen LogP contribution in [0.3, 0.4) is 0 Å². The van der Waals surface area contributed by atoms with Crippen LogP contribution in [0.25, 0.3) is 0 Å². The average molecular weight is 569 g/mol. The fraction of sp³-hybridized carbons (Fsp3) is 0.826. The smallest absolute Gasteiger partial charge is 0.407 e. The van der Waals surface area contributed by atoms with Gasteiger partial charge in [0.1, 0.15) is 25.3 Å². The lowest BCUT2D eigenvalue weighted by Crippen LogP contribution is -2.54. The van der Waals surface area contributed by atoms with E-state index in [2.05, 4.69) is 21.3 Å². The number of carbonyl (C=O) groups is 4. The van der Waals surface area contributed by atoms with E-state index in [0.29, 0.717) is 0 Å². The number of ether oxygens (including phenoxy) is 2. The van der Waals surface area contributed by atoms with Crippen LogP contribution in [0.4, 0.5) is 9.59 Å². The van der Waals surface area contributed by atoms with Crippen molar-refractivity contribution in [2.75, 3.05) is 65.9 Å². The number of amides is 4. The van der Waals surface area contributed by atoms with Crippen LogP contribution in [0, 0.1) is 16.7 Å². The van der Waals surface area contributed by atoms with E-state index in [4.69, 9.17) is 9.47 Å². The summed E-state index contributed by atoms with van der Waals surface area (Å²) in [5, 5.41) is 65.3. The molecule has 0 bridgehead atoms. The maximum atomic E-state index is 12.7. The molecule has 0 aromatic carbocycles. The van der Waals surface area contributed by atoms with E-state index in [9.17, 15) is 49.8 Å². The molecule has 2 unspecified atom stereocenters. The largest absolute Gasteiger partial charge is 0.449 e. The van der Waals surface area contributed by atoms with Gasteiger partial charge in [-0.15, -0.1) is 0 Å². The molecule has 0 heterocycles. The molecule has 228 valence electrons. The van der Waals surface area contributed by atoms with Crippen LogP contribution >= 0.6 is 0 Å². The maximum Gasteiger partial charge on any atom is 0.407 e. The first-order valence-electron chi connectivity index (χ1n) is 12.4. The minimum Gasteiger partial charge on any atom is -0.449 e. The van der Waals surface area contributed by atoms with Crippen molar-refractivity contribution in [2.24, 2.45) is 16.7 Å². The molecule has 0 aliphatic carbocycles. The number of rotatable bonds is 19. The lowest BCUT2D eigenvalue weighted by Gasteiger charge is -2.27. The summed E-state index contributed by atoms with van der Waals surface area (Å²) >= 11 is 0. The van der Waals surface area contributed by atoms with Gasteiger partial charge >= 0.3 is 12.2 Å². The fourth-order valence-corrected chi connectivity index (χ4v) is 2.82. The van der Waals surface area contributed by atoms with Gasteiger partial charge in [0, 0.05) is 13.1 Å². The first kappa shape index (κ1) is 36.2. The van der Waals surface area contributed by atoms with Gasteiger partial charge in [-0.25, -0.2) is 9.59 Å². The molecule has 0 fully saturated rings. The van der Waals surface area contributed by atoms with E-state index >= 15 is 0 Å². The highest BCUT2D eigenvalue weighted by atomic mass is 16.6. The number of hydrogen-bond donors (Lipinski definition) is 10. The molecule has 39 heavy (non-hydrogen) atoms. The molecule has 0 aromatic rings. The molecule has 0 spiro atoms. The number of carbonyl (C=O) groups excluding carboxylic acids is 4. The summed E-state index contributed by atoms with van der Waals surface area (Å²) in [6.45, 7) is 0.338. The van der Waals surface area contributed by atoms with Crippen molar-refractivity contribution in [1.29, 1.82) is 0 Å². The highest BCUT2D eigenvalue weighted by Crippen LogP contribution is 2.16. The van der Waals surface area contributed by atoms with Crippen molar-refractivity contribution in [2.45, 2.75) is 39.3 Å². The normalized spacial score (nSPS) is 13.3. The molecule has 0 aliphatic rings. The molecule has 16 nitrogen and oxygen atoms in total. The van der Waals surface area contributed by atoms with E-state index < -0.39 is 99.8 Å². The standard InChI is InChI=1S/C23H44N4O12/c1-15(2)6-17(19(35)24-4-5-25-20(36)38-13-22(7-28,8-29)9-30)27-18(34)16(3)26-21(37)39-14-23(10-31,11-32)12-33/h15-17,28-33H,4-14H2,1-3H3,(H,24,35)(H,25,36)(H,26,37)(H,27,34). The van der Waals surface area contributed by atoms with E-state index in [-0.39, 0.29) is 25.4 Å². The summed E-state index contributed by atoms with van der Waals surface area (Å²) in [5.41, 5.74) is -2.81. The molecule has 0 aromatic heterocycles. The van der Waals surface area contributed by atoms with E-state index in [0.717, 1.165) is 0 Å².